The Bertz CT molecular complexity index is 865. The molecule has 24 heavy (non-hydrogen) atoms. The Balaban J connectivity index is 1.98. The normalized spacial score (nSPS) is 12.1. The molecule has 0 aliphatic rings. The Morgan fingerprint density at radius 3 is 1.79 bits per heavy atom. The molecule has 0 saturated heterocycles. The van der Waals surface area contributed by atoms with Crippen LogP contribution >= 0.6 is 0 Å². The second kappa shape index (κ2) is 7.79. The molecule has 0 fully saturated rings. The molecule has 0 aliphatic heterocycles. The van der Waals surface area contributed by atoms with E-state index in [1.165, 1.54) is 60.7 Å². The van der Waals surface area contributed by atoms with Crippen molar-refractivity contribution in [1.82, 2.24) is 0 Å². The molecule has 2 aromatic carbocycles. The van der Waals surface area contributed by atoms with Gasteiger partial charge in [-0.25, -0.2) is 17.2 Å². The maximum absolute atomic E-state index is 12.8. The van der Waals surface area contributed by atoms with Crippen LogP contribution in [0, 0.1) is 11.6 Å². The van der Waals surface area contributed by atoms with Gasteiger partial charge < -0.3 is 0 Å². The number of rotatable bonds is 6. The van der Waals surface area contributed by atoms with E-state index in [0.29, 0.717) is 11.1 Å². The lowest BCUT2D eigenvalue weighted by molar-refractivity contribution is -0.112. The van der Waals surface area contributed by atoms with Crippen LogP contribution in [0.2, 0.25) is 0 Å². The lowest BCUT2D eigenvalue weighted by Crippen LogP contribution is -2.11. The molecule has 0 N–H and O–H groups in total. The molecule has 2 aromatic rings. The number of hydrogen-bond acceptors (Lipinski definition) is 3. The van der Waals surface area contributed by atoms with Crippen molar-refractivity contribution in [2.45, 2.75) is 0 Å². The molecule has 2 rings (SSSR count). The molecule has 0 aliphatic carbocycles. The molecular formula is C18H14F2O3S. The minimum atomic E-state index is -3.74. The van der Waals surface area contributed by atoms with Crippen LogP contribution in [0.1, 0.15) is 11.1 Å². The Labute approximate surface area is 138 Å². The van der Waals surface area contributed by atoms with Gasteiger partial charge in [0.1, 0.15) is 17.4 Å². The van der Waals surface area contributed by atoms with Gasteiger partial charge in [0.05, 0.1) is 0 Å². The molecule has 3 nitrogen and oxygen atoms in total. The van der Waals surface area contributed by atoms with Crippen LogP contribution in [0.4, 0.5) is 8.78 Å². The summed E-state index contributed by atoms with van der Waals surface area (Å²) in [6, 6.07) is 10.7. The SMILES string of the molecule is O=C(/C=C\c1ccc(F)cc1)CS(=O)(=O)/C=C/c1ccc(F)cc1. The number of allylic oxidation sites excluding steroid dienone is 1. The number of halogens is 2. The van der Waals surface area contributed by atoms with Crippen LogP contribution in [0.15, 0.2) is 60.0 Å². The zero-order chi connectivity index (χ0) is 17.6. The van der Waals surface area contributed by atoms with E-state index in [0.717, 1.165) is 11.5 Å². The van der Waals surface area contributed by atoms with Gasteiger partial charge in [-0.05, 0) is 47.5 Å². The zero-order valence-electron chi connectivity index (χ0n) is 12.5. The first-order chi connectivity index (χ1) is 11.3. The minimum absolute atomic E-state index is 0.396. The first kappa shape index (κ1) is 17.7. The third-order valence-corrected chi connectivity index (χ3v) is 4.25. The van der Waals surface area contributed by atoms with E-state index < -0.39 is 33.0 Å². The van der Waals surface area contributed by atoms with Crippen LogP contribution in [0.5, 0.6) is 0 Å². The average Bonchev–Trinajstić information content (AvgIpc) is 2.53. The largest absolute Gasteiger partial charge is 0.294 e. The summed E-state index contributed by atoms with van der Waals surface area (Å²) in [4.78, 5) is 11.7. The molecule has 0 atom stereocenters. The first-order valence-corrected chi connectivity index (χ1v) is 8.68. The number of hydrogen-bond donors (Lipinski definition) is 0. The summed E-state index contributed by atoms with van der Waals surface area (Å²) >= 11 is 0. The molecule has 6 heteroatoms. The van der Waals surface area contributed by atoms with Gasteiger partial charge in [0, 0.05) is 5.41 Å². The van der Waals surface area contributed by atoms with Crippen molar-refractivity contribution in [2.75, 3.05) is 5.75 Å². The zero-order valence-corrected chi connectivity index (χ0v) is 13.3. The third kappa shape index (κ3) is 5.89. The minimum Gasteiger partial charge on any atom is -0.294 e. The Hall–Kier alpha value is -2.60. The van der Waals surface area contributed by atoms with E-state index >= 15 is 0 Å². The van der Waals surface area contributed by atoms with Crippen molar-refractivity contribution in [2.24, 2.45) is 0 Å². The maximum Gasteiger partial charge on any atom is 0.179 e. The van der Waals surface area contributed by atoms with Gasteiger partial charge in [0.15, 0.2) is 15.6 Å². The number of carbonyl (C=O) groups is 1. The molecular weight excluding hydrogens is 334 g/mol. The summed E-state index contributed by atoms with van der Waals surface area (Å²) in [5.74, 6) is -2.09. The van der Waals surface area contributed by atoms with Gasteiger partial charge in [0.2, 0.25) is 0 Å². The van der Waals surface area contributed by atoms with Gasteiger partial charge in [0.25, 0.3) is 0 Å². The lowest BCUT2D eigenvalue weighted by Gasteiger charge is -1.97. The van der Waals surface area contributed by atoms with E-state index in [4.69, 9.17) is 0 Å². The van der Waals surface area contributed by atoms with Crippen LogP contribution in [-0.4, -0.2) is 20.0 Å². The topological polar surface area (TPSA) is 51.2 Å². The van der Waals surface area contributed by atoms with Crippen molar-refractivity contribution >= 4 is 27.8 Å². The first-order valence-electron chi connectivity index (χ1n) is 6.97. The molecule has 0 unspecified atom stereocenters. The summed E-state index contributed by atoms with van der Waals surface area (Å²) in [5.41, 5.74) is 1.10. The van der Waals surface area contributed by atoms with Crippen molar-refractivity contribution < 1.29 is 22.0 Å². The highest BCUT2D eigenvalue weighted by Gasteiger charge is 2.11. The molecule has 0 spiro atoms. The van der Waals surface area contributed by atoms with Gasteiger partial charge in [-0.2, -0.15) is 0 Å². The van der Waals surface area contributed by atoms with Gasteiger partial charge in [-0.1, -0.05) is 30.3 Å². The van der Waals surface area contributed by atoms with Crippen LogP contribution < -0.4 is 0 Å². The highest BCUT2D eigenvalue weighted by atomic mass is 32.2. The predicted octanol–water partition coefficient (Wildman–Crippen LogP) is 3.63. The fourth-order valence-electron chi connectivity index (χ4n) is 1.81. The molecule has 0 aromatic heterocycles. The van der Waals surface area contributed by atoms with Gasteiger partial charge in [-0.3, -0.25) is 4.79 Å². The van der Waals surface area contributed by atoms with Gasteiger partial charge >= 0.3 is 0 Å². The van der Waals surface area contributed by atoms with E-state index in [9.17, 15) is 22.0 Å². The Kier molecular flexibility index (Phi) is 5.76. The van der Waals surface area contributed by atoms with Crippen molar-refractivity contribution in [1.29, 1.82) is 0 Å². The molecule has 0 bridgehead atoms. The lowest BCUT2D eigenvalue weighted by atomic mass is 10.2. The maximum atomic E-state index is 12.8. The second-order valence-corrected chi connectivity index (χ2v) is 6.90. The van der Waals surface area contributed by atoms with Crippen LogP contribution in [-0.2, 0) is 14.6 Å². The molecule has 0 amide bonds. The Morgan fingerprint density at radius 1 is 0.833 bits per heavy atom. The average molecular weight is 348 g/mol. The second-order valence-electron chi connectivity index (χ2n) is 5.01. The van der Waals surface area contributed by atoms with Crippen LogP contribution in [0.3, 0.4) is 0 Å². The van der Waals surface area contributed by atoms with Crippen molar-refractivity contribution in [3.8, 4) is 0 Å². The summed E-state index contributed by atoms with van der Waals surface area (Å²) in [5, 5.41) is 0.921. The quantitative estimate of drug-likeness (QED) is 0.749. The molecule has 0 saturated carbocycles. The van der Waals surface area contributed by atoms with E-state index in [1.54, 1.807) is 0 Å². The van der Waals surface area contributed by atoms with E-state index in [1.807, 2.05) is 0 Å². The number of carbonyl (C=O) groups excluding carboxylic acids is 1. The van der Waals surface area contributed by atoms with Crippen molar-refractivity contribution in [3.05, 3.63) is 82.8 Å². The van der Waals surface area contributed by atoms with E-state index in [-0.39, 0.29) is 0 Å². The predicted molar refractivity (Wildman–Crippen MR) is 89.7 cm³/mol. The van der Waals surface area contributed by atoms with Crippen molar-refractivity contribution in [3.63, 3.8) is 0 Å². The number of ketones is 1. The Morgan fingerprint density at radius 2 is 1.29 bits per heavy atom. The smallest absolute Gasteiger partial charge is 0.179 e. The highest BCUT2D eigenvalue weighted by molar-refractivity contribution is 7.95. The van der Waals surface area contributed by atoms with Crippen LogP contribution in [0.25, 0.3) is 12.2 Å². The summed E-state index contributed by atoms with van der Waals surface area (Å²) in [6.45, 7) is 0. The van der Waals surface area contributed by atoms with E-state index in [2.05, 4.69) is 0 Å². The third-order valence-electron chi connectivity index (χ3n) is 3.01. The fourth-order valence-corrected chi connectivity index (χ4v) is 2.77. The molecule has 124 valence electrons. The molecule has 0 radical (unpaired) electrons. The number of sulfone groups is 1. The van der Waals surface area contributed by atoms with Gasteiger partial charge in [-0.15, -0.1) is 0 Å². The summed E-state index contributed by atoms with van der Waals surface area (Å²) in [7, 11) is -3.74. The highest BCUT2D eigenvalue weighted by Crippen LogP contribution is 2.08. The number of benzene rings is 2. The molecule has 0 heterocycles. The summed E-state index contributed by atoms with van der Waals surface area (Å²) in [6.07, 6.45) is 3.85. The standard InChI is InChI=1S/C18H14F2O3S/c19-16-6-1-14(2-7-16)5-10-18(21)13-24(22,23)12-11-15-3-8-17(20)9-4-15/h1-12H,13H2/b10-5-,12-11+. The summed E-state index contributed by atoms with van der Waals surface area (Å²) < 4.78 is 49.3. The fraction of sp³-hybridized carbons (Fsp3) is 0.0556. The monoisotopic (exact) mass is 348 g/mol.